The largest absolute Gasteiger partial charge is 0.293 e. The Balaban J connectivity index is 1.01. The minimum absolute atomic E-state index is 0.540. The molecular weight excluding hydrogens is 945 g/mol. The zero-order chi connectivity index (χ0) is 51.5. The first-order valence-corrected chi connectivity index (χ1v) is 27.2. The summed E-state index contributed by atoms with van der Waals surface area (Å²) in [6, 6.07) is 101. The molecule has 0 fully saturated rings. The van der Waals surface area contributed by atoms with Gasteiger partial charge >= 0.3 is 0 Å². The van der Waals surface area contributed by atoms with Crippen molar-refractivity contribution in [3.63, 3.8) is 0 Å². The summed E-state index contributed by atoms with van der Waals surface area (Å²) >= 11 is 0. The SMILES string of the molecule is CCc1c(-c2ccccc2)nc(-n2c3ccccc3c3cc4c(cc32)-c2ccccc2C4(c2ccccc2)c2ccccc2)nc1-n1c2ccccc2c2cc3c(cc21)-c1ccccc1C3(c1ccccc1)c1ccccc1. The molecule has 0 N–H and O–H groups in total. The van der Waals surface area contributed by atoms with Crippen LogP contribution >= 0.6 is 0 Å². The van der Waals surface area contributed by atoms with Crippen molar-refractivity contribution in [3.8, 4) is 45.3 Å². The minimum Gasteiger partial charge on any atom is -0.293 e. The molecule has 0 saturated carbocycles. The fraction of sp³-hybridized carbons (Fsp3) is 0.0541. The van der Waals surface area contributed by atoms with Crippen molar-refractivity contribution in [3.05, 3.63) is 323 Å². The van der Waals surface area contributed by atoms with Crippen LogP contribution in [0.1, 0.15) is 57.0 Å². The van der Waals surface area contributed by atoms with E-state index in [2.05, 4.69) is 289 Å². The van der Waals surface area contributed by atoms with Gasteiger partial charge < -0.3 is 0 Å². The normalized spacial score (nSPS) is 13.7. The van der Waals surface area contributed by atoms with E-state index in [-0.39, 0.29) is 0 Å². The number of rotatable bonds is 8. The average molecular weight is 995 g/mol. The number of hydrogen-bond acceptors (Lipinski definition) is 2. The van der Waals surface area contributed by atoms with Crippen LogP contribution in [0.25, 0.3) is 88.9 Å². The third kappa shape index (κ3) is 6.00. The van der Waals surface area contributed by atoms with Gasteiger partial charge in [-0.05, 0) is 110 Å². The Morgan fingerprint density at radius 1 is 0.321 bits per heavy atom. The Morgan fingerprint density at radius 2 is 0.705 bits per heavy atom. The molecule has 3 aromatic heterocycles. The summed E-state index contributed by atoms with van der Waals surface area (Å²) in [5.74, 6) is 1.50. The molecule has 0 saturated heterocycles. The van der Waals surface area contributed by atoms with Crippen LogP contribution in [0.5, 0.6) is 0 Å². The molecular formula is C74H50N4. The van der Waals surface area contributed by atoms with Gasteiger partial charge in [0.2, 0.25) is 5.95 Å². The maximum Gasteiger partial charge on any atom is 0.237 e. The van der Waals surface area contributed by atoms with Crippen molar-refractivity contribution in [1.29, 1.82) is 0 Å². The van der Waals surface area contributed by atoms with E-state index in [1.54, 1.807) is 0 Å². The molecule has 0 radical (unpaired) electrons. The zero-order valence-electron chi connectivity index (χ0n) is 43.0. The molecule has 4 nitrogen and oxygen atoms in total. The van der Waals surface area contributed by atoms with Gasteiger partial charge in [0.25, 0.3) is 0 Å². The summed E-state index contributed by atoms with van der Waals surface area (Å²) in [4.78, 5) is 11.7. The molecule has 14 aromatic rings. The number of nitrogens with zero attached hydrogens (tertiary/aromatic N) is 4. The molecule has 0 amide bonds. The molecule has 78 heavy (non-hydrogen) atoms. The molecule has 11 aromatic carbocycles. The number of fused-ring (bicyclic) bond motifs is 12. The first-order valence-electron chi connectivity index (χ1n) is 27.2. The second kappa shape index (κ2) is 17.1. The predicted octanol–water partition coefficient (Wildman–Crippen LogP) is 17.6. The monoisotopic (exact) mass is 994 g/mol. The van der Waals surface area contributed by atoms with E-state index < -0.39 is 10.8 Å². The summed E-state index contributed by atoms with van der Waals surface area (Å²) in [5.41, 5.74) is 21.3. The van der Waals surface area contributed by atoms with Crippen LogP contribution in [-0.4, -0.2) is 19.1 Å². The summed E-state index contributed by atoms with van der Waals surface area (Å²) in [5, 5.41) is 4.67. The summed E-state index contributed by atoms with van der Waals surface area (Å²) in [6.07, 6.45) is 0.714. The molecule has 0 aliphatic heterocycles. The van der Waals surface area contributed by atoms with Crippen molar-refractivity contribution in [2.75, 3.05) is 0 Å². The van der Waals surface area contributed by atoms with Gasteiger partial charge in [0.05, 0.1) is 38.6 Å². The Labute approximate surface area is 452 Å². The number of hydrogen-bond donors (Lipinski definition) is 0. The van der Waals surface area contributed by atoms with E-state index >= 15 is 0 Å². The van der Waals surface area contributed by atoms with Crippen LogP contribution in [0.2, 0.25) is 0 Å². The van der Waals surface area contributed by atoms with E-state index in [4.69, 9.17) is 9.97 Å². The molecule has 2 aliphatic carbocycles. The van der Waals surface area contributed by atoms with Gasteiger partial charge in [-0.25, -0.2) is 4.98 Å². The minimum atomic E-state index is -0.544. The highest BCUT2D eigenvalue weighted by Crippen LogP contribution is 2.59. The lowest BCUT2D eigenvalue weighted by molar-refractivity contribution is 0.769. The number of aromatic nitrogens is 4. The van der Waals surface area contributed by atoms with E-state index in [9.17, 15) is 0 Å². The quantitative estimate of drug-likeness (QED) is 0.152. The lowest BCUT2D eigenvalue weighted by Gasteiger charge is -2.34. The van der Waals surface area contributed by atoms with Crippen molar-refractivity contribution in [2.24, 2.45) is 0 Å². The highest BCUT2D eigenvalue weighted by molar-refractivity contribution is 6.13. The Hall–Kier alpha value is -9.90. The van der Waals surface area contributed by atoms with E-state index in [1.807, 2.05) is 0 Å². The van der Waals surface area contributed by atoms with Gasteiger partial charge in [-0.15, -0.1) is 0 Å². The van der Waals surface area contributed by atoms with Gasteiger partial charge in [-0.3, -0.25) is 9.13 Å². The molecule has 2 aliphatic rings. The van der Waals surface area contributed by atoms with Gasteiger partial charge in [0, 0.05) is 32.7 Å². The first-order chi connectivity index (χ1) is 38.7. The van der Waals surface area contributed by atoms with Crippen molar-refractivity contribution < 1.29 is 0 Å². The molecule has 0 spiro atoms. The molecule has 366 valence electrons. The maximum atomic E-state index is 5.95. The van der Waals surface area contributed by atoms with Crippen LogP contribution in [0.3, 0.4) is 0 Å². The van der Waals surface area contributed by atoms with E-state index in [0.717, 1.165) is 55.5 Å². The predicted molar refractivity (Wildman–Crippen MR) is 320 cm³/mol. The van der Waals surface area contributed by atoms with E-state index in [1.165, 1.54) is 77.5 Å². The topological polar surface area (TPSA) is 35.6 Å². The van der Waals surface area contributed by atoms with Gasteiger partial charge in [-0.1, -0.05) is 244 Å². The van der Waals surface area contributed by atoms with E-state index in [0.29, 0.717) is 12.4 Å². The number of para-hydroxylation sites is 2. The lowest BCUT2D eigenvalue weighted by Crippen LogP contribution is -2.28. The molecule has 0 atom stereocenters. The molecule has 16 rings (SSSR count). The molecule has 4 heteroatoms. The fourth-order valence-electron chi connectivity index (χ4n) is 14.2. The second-order valence-corrected chi connectivity index (χ2v) is 21.0. The van der Waals surface area contributed by atoms with Crippen LogP contribution in [-0.2, 0) is 17.3 Å². The van der Waals surface area contributed by atoms with Crippen molar-refractivity contribution >= 4 is 43.6 Å². The lowest BCUT2D eigenvalue weighted by atomic mass is 9.67. The van der Waals surface area contributed by atoms with Crippen molar-refractivity contribution in [2.45, 2.75) is 24.2 Å². The Bertz CT molecular complexity index is 4610. The first kappa shape index (κ1) is 44.4. The van der Waals surface area contributed by atoms with Crippen LogP contribution in [0, 0.1) is 0 Å². The average Bonchev–Trinajstić information content (AvgIpc) is 4.16. The highest BCUT2D eigenvalue weighted by atomic mass is 15.2. The van der Waals surface area contributed by atoms with Crippen molar-refractivity contribution in [1.82, 2.24) is 19.1 Å². The smallest absolute Gasteiger partial charge is 0.237 e. The van der Waals surface area contributed by atoms with Crippen LogP contribution in [0.15, 0.2) is 273 Å². The molecule has 0 bridgehead atoms. The standard InChI is InChI=1S/C74H50N4/c1-2-53-70(48-26-8-3-9-27-48)75-72(78-67-43-25-21-39-57(67)61-45-65-59(47-69(61)78)55-37-19-23-41-63(55)74(65,51-32-14-6-15-33-51)52-34-16-7-17-35-52)76-71(53)77-66-42-24-20-38-56(66)60-44-64-58(46-68(60)77)54-36-18-22-40-62(54)73(64,49-28-10-4-11-29-49)50-30-12-5-13-31-50/h3-47H,2H2,1H3. The summed E-state index contributed by atoms with van der Waals surface area (Å²) in [7, 11) is 0. The zero-order valence-corrected chi connectivity index (χ0v) is 43.0. The summed E-state index contributed by atoms with van der Waals surface area (Å²) < 4.78 is 4.79. The maximum absolute atomic E-state index is 5.95. The Kier molecular flexibility index (Phi) is 9.71. The fourth-order valence-corrected chi connectivity index (χ4v) is 14.2. The Morgan fingerprint density at radius 3 is 1.17 bits per heavy atom. The highest BCUT2D eigenvalue weighted by Gasteiger charge is 2.48. The number of benzene rings is 11. The summed E-state index contributed by atoms with van der Waals surface area (Å²) in [6.45, 7) is 2.25. The molecule has 0 unspecified atom stereocenters. The second-order valence-electron chi connectivity index (χ2n) is 21.0. The van der Waals surface area contributed by atoms with Gasteiger partial charge in [0.15, 0.2) is 0 Å². The third-order valence-electron chi connectivity index (χ3n) is 17.3. The van der Waals surface area contributed by atoms with Crippen LogP contribution in [0.4, 0.5) is 0 Å². The van der Waals surface area contributed by atoms with Gasteiger partial charge in [-0.2, -0.15) is 4.98 Å². The van der Waals surface area contributed by atoms with Crippen LogP contribution < -0.4 is 0 Å². The third-order valence-corrected chi connectivity index (χ3v) is 17.3. The van der Waals surface area contributed by atoms with Gasteiger partial charge in [0.1, 0.15) is 5.82 Å². The molecule has 3 heterocycles.